The Morgan fingerprint density at radius 3 is 2.31 bits per heavy atom. The van der Waals surface area contributed by atoms with Gasteiger partial charge < -0.3 is 11.5 Å². The maximum atomic E-state index is 15.4. The van der Waals surface area contributed by atoms with Crippen molar-refractivity contribution in [2.24, 2.45) is 0 Å². The summed E-state index contributed by atoms with van der Waals surface area (Å²) >= 11 is 0. The first-order chi connectivity index (χ1) is 16.7. The molecular formula is C23H14F5N7. The first-order valence-corrected chi connectivity index (χ1v) is 10.1. The zero-order chi connectivity index (χ0) is 24.9. The van der Waals surface area contributed by atoms with Gasteiger partial charge in [-0.05, 0) is 36.4 Å². The fourth-order valence-electron chi connectivity index (χ4n) is 3.71. The van der Waals surface area contributed by atoms with E-state index in [1.807, 2.05) is 0 Å². The Labute approximate surface area is 193 Å². The van der Waals surface area contributed by atoms with Crippen LogP contribution in [-0.4, -0.2) is 24.7 Å². The number of aromatic nitrogens is 5. The number of hydrogen-bond donors (Lipinski definition) is 2. The highest BCUT2D eigenvalue weighted by Gasteiger charge is 2.27. The van der Waals surface area contributed by atoms with Gasteiger partial charge in [-0.15, -0.1) is 0 Å². The fraction of sp³-hybridized carbons (Fsp3) is 0.0435. The Kier molecular flexibility index (Phi) is 5.27. The Hall–Kier alpha value is -4.61. The summed E-state index contributed by atoms with van der Waals surface area (Å²) < 4.78 is 71.7. The molecule has 5 rings (SSSR count). The second kappa shape index (κ2) is 8.31. The van der Waals surface area contributed by atoms with Crippen molar-refractivity contribution in [3.8, 4) is 17.1 Å². The molecule has 2 aromatic carbocycles. The number of nitrogens with two attached hydrogens (primary N) is 2. The summed E-state index contributed by atoms with van der Waals surface area (Å²) in [6.07, 6.45) is -1.04. The Morgan fingerprint density at radius 1 is 0.886 bits per heavy atom. The maximum absolute atomic E-state index is 15.4. The summed E-state index contributed by atoms with van der Waals surface area (Å²) in [5.41, 5.74) is 11.8. The van der Waals surface area contributed by atoms with E-state index in [9.17, 15) is 17.6 Å². The van der Waals surface area contributed by atoms with Gasteiger partial charge in [0.05, 0.1) is 11.1 Å². The number of rotatable bonds is 4. The molecule has 0 saturated carbocycles. The molecular weight excluding hydrogens is 469 g/mol. The van der Waals surface area contributed by atoms with Gasteiger partial charge in [-0.3, -0.25) is 0 Å². The van der Waals surface area contributed by atoms with Gasteiger partial charge in [-0.25, -0.2) is 22.5 Å². The number of fused-ring (bicyclic) bond motifs is 1. The molecule has 1 atom stereocenters. The van der Waals surface area contributed by atoms with Crippen LogP contribution in [0, 0.1) is 23.4 Å². The van der Waals surface area contributed by atoms with Crippen LogP contribution in [-0.2, 0) is 0 Å². The van der Waals surface area contributed by atoms with Crippen molar-refractivity contribution < 1.29 is 22.0 Å². The van der Waals surface area contributed by atoms with E-state index >= 15 is 4.39 Å². The molecule has 4 N–H and O–H groups in total. The number of benzene rings is 2. The Balaban J connectivity index is 1.68. The third kappa shape index (κ3) is 3.78. The van der Waals surface area contributed by atoms with E-state index in [0.29, 0.717) is 5.56 Å². The number of alkyl halides is 1. The molecule has 12 heteroatoms. The predicted molar refractivity (Wildman–Crippen MR) is 118 cm³/mol. The number of anilines is 2. The number of pyridine rings is 1. The molecule has 3 aromatic heterocycles. The van der Waals surface area contributed by atoms with Crippen LogP contribution in [0.2, 0.25) is 0 Å². The standard InChI is InChI=1S/C23H14F5N7/c24-11-5-6-15-13(8-11)20(19(28)12-2-1-3-14(25)18(12)27)34-35(15)23-32-21(29)17(22(30)33-23)10-4-7-16(26)31-9-10/h1-9,19H,(H4,29,30,32,33). The van der Waals surface area contributed by atoms with Crippen LogP contribution in [0.4, 0.5) is 33.6 Å². The van der Waals surface area contributed by atoms with Gasteiger partial charge in [-0.1, -0.05) is 12.1 Å². The van der Waals surface area contributed by atoms with Crippen LogP contribution in [0.1, 0.15) is 17.4 Å². The number of nitrogens with zero attached hydrogens (tertiary/aromatic N) is 5. The lowest BCUT2D eigenvalue weighted by molar-refractivity contribution is 0.371. The molecule has 0 aliphatic carbocycles. The quantitative estimate of drug-likeness (QED) is 0.284. The van der Waals surface area contributed by atoms with Gasteiger partial charge in [0.15, 0.2) is 17.8 Å². The molecule has 1 unspecified atom stereocenters. The molecule has 0 aliphatic rings. The Bertz CT molecular complexity index is 1560. The largest absolute Gasteiger partial charge is 0.383 e. The van der Waals surface area contributed by atoms with Gasteiger partial charge in [0.2, 0.25) is 5.95 Å². The van der Waals surface area contributed by atoms with Crippen molar-refractivity contribution in [3.05, 3.63) is 89.4 Å². The minimum Gasteiger partial charge on any atom is -0.383 e. The molecule has 0 bridgehead atoms. The Morgan fingerprint density at radius 2 is 1.63 bits per heavy atom. The average Bonchev–Trinajstić information content (AvgIpc) is 3.20. The molecule has 0 spiro atoms. The van der Waals surface area contributed by atoms with Gasteiger partial charge in [-0.2, -0.15) is 24.1 Å². The highest BCUT2D eigenvalue weighted by Crippen LogP contribution is 2.35. The van der Waals surface area contributed by atoms with Gasteiger partial charge >= 0.3 is 0 Å². The van der Waals surface area contributed by atoms with E-state index in [1.165, 1.54) is 18.3 Å². The molecule has 0 amide bonds. The molecule has 5 aromatic rings. The second-order valence-electron chi connectivity index (χ2n) is 7.50. The summed E-state index contributed by atoms with van der Waals surface area (Å²) in [5.74, 6) is -4.45. The van der Waals surface area contributed by atoms with Crippen molar-refractivity contribution in [2.45, 2.75) is 6.17 Å². The zero-order valence-corrected chi connectivity index (χ0v) is 17.6. The van der Waals surface area contributed by atoms with Crippen molar-refractivity contribution >= 4 is 22.5 Å². The lowest BCUT2D eigenvalue weighted by Crippen LogP contribution is -2.10. The van der Waals surface area contributed by atoms with Crippen LogP contribution in [0.5, 0.6) is 0 Å². The van der Waals surface area contributed by atoms with Crippen LogP contribution in [0.15, 0.2) is 54.7 Å². The highest BCUT2D eigenvalue weighted by molar-refractivity contribution is 5.85. The third-order valence-corrected chi connectivity index (χ3v) is 5.32. The summed E-state index contributed by atoms with van der Waals surface area (Å²) in [7, 11) is 0. The lowest BCUT2D eigenvalue weighted by atomic mass is 10.0. The summed E-state index contributed by atoms with van der Waals surface area (Å²) in [6, 6.07) is 8.95. The van der Waals surface area contributed by atoms with E-state index in [0.717, 1.165) is 41.1 Å². The lowest BCUT2D eigenvalue weighted by Gasteiger charge is -2.10. The van der Waals surface area contributed by atoms with Gasteiger partial charge in [0, 0.05) is 22.7 Å². The highest BCUT2D eigenvalue weighted by atomic mass is 19.2. The minimum absolute atomic E-state index is 0.0197. The van der Waals surface area contributed by atoms with E-state index in [1.54, 1.807) is 0 Å². The fourth-order valence-corrected chi connectivity index (χ4v) is 3.71. The SMILES string of the molecule is Nc1nc(-n2nc(C(F)c3cccc(F)c3F)c3cc(F)ccc32)nc(N)c1-c1ccc(F)nc1. The van der Waals surface area contributed by atoms with E-state index in [2.05, 4.69) is 20.1 Å². The van der Waals surface area contributed by atoms with Crippen LogP contribution in [0.25, 0.3) is 28.0 Å². The monoisotopic (exact) mass is 483 g/mol. The minimum atomic E-state index is -2.24. The molecule has 35 heavy (non-hydrogen) atoms. The van der Waals surface area contributed by atoms with E-state index in [-0.39, 0.29) is 34.1 Å². The van der Waals surface area contributed by atoms with Gasteiger partial charge in [0.25, 0.3) is 5.95 Å². The van der Waals surface area contributed by atoms with Crippen LogP contribution in [0.3, 0.4) is 0 Å². The molecule has 0 fully saturated rings. The van der Waals surface area contributed by atoms with Crippen molar-refractivity contribution in [1.82, 2.24) is 24.7 Å². The maximum Gasteiger partial charge on any atom is 0.255 e. The molecule has 0 saturated heterocycles. The smallest absolute Gasteiger partial charge is 0.255 e. The van der Waals surface area contributed by atoms with Crippen molar-refractivity contribution in [1.29, 1.82) is 0 Å². The summed E-state index contributed by atoms with van der Waals surface area (Å²) in [6.45, 7) is 0. The normalized spacial score (nSPS) is 12.3. The molecule has 0 radical (unpaired) electrons. The van der Waals surface area contributed by atoms with Gasteiger partial charge in [0.1, 0.15) is 23.1 Å². The second-order valence-corrected chi connectivity index (χ2v) is 7.50. The summed E-state index contributed by atoms with van der Waals surface area (Å²) in [4.78, 5) is 11.9. The third-order valence-electron chi connectivity index (χ3n) is 5.32. The number of halogens is 5. The van der Waals surface area contributed by atoms with E-state index in [4.69, 9.17) is 11.5 Å². The van der Waals surface area contributed by atoms with Crippen LogP contribution >= 0.6 is 0 Å². The first kappa shape index (κ1) is 22.2. The average molecular weight is 483 g/mol. The summed E-state index contributed by atoms with van der Waals surface area (Å²) in [5, 5.41) is 4.11. The predicted octanol–water partition coefficient (Wildman–Crippen LogP) is 4.66. The zero-order valence-electron chi connectivity index (χ0n) is 17.6. The first-order valence-electron chi connectivity index (χ1n) is 10.1. The van der Waals surface area contributed by atoms with Crippen molar-refractivity contribution in [2.75, 3.05) is 11.5 Å². The molecule has 0 aliphatic heterocycles. The molecule has 176 valence electrons. The van der Waals surface area contributed by atoms with Crippen molar-refractivity contribution in [3.63, 3.8) is 0 Å². The molecule has 7 nitrogen and oxygen atoms in total. The topological polar surface area (TPSA) is 109 Å². The number of nitrogen functional groups attached to an aromatic ring is 2. The number of hydrogen-bond acceptors (Lipinski definition) is 6. The van der Waals surface area contributed by atoms with E-state index < -0.39 is 40.8 Å². The molecule has 3 heterocycles. The van der Waals surface area contributed by atoms with Crippen LogP contribution < -0.4 is 11.5 Å².